The van der Waals surface area contributed by atoms with Crippen molar-refractivity contribution in [2.45, 2.75) is 9.79 Å². The van der Waals surface area contributed by atoms with Crippen LogP contribution in [-0.4, -0.2) is 11.9 Å². The molecule has 19 heavy (non-hydrogen) atoms. The number of ether oxygens (including phenoxy) is 1. The third-order valence-corrected chi connectivity index (χ3v) is 5.06. The van der Waals surface area contributed by atoms with E-state index in [1.165, 1.54) is 0 Å². The molecule has 0 bridgehead atoms. The van der Waals surface area contributed by atoms with Crippen molar-refractivity contribution < 1.29 is 4.74 Å². The first-order valence-electron chi connectivity index (χ1n) is 5.60. The molecule has 2 rings (SSSR count). The molecule has 0 heterocycles. The van der Waals surface area contributed by atoms with Crippen molar-refractivity contribution in [2.75, 3.05) is 11.9 Å². The molecular formula is C14H12Cl2OS2. The van der Waals surface area contributed by atoms with Gasteiger partial charge in [0.2, 0.25) is 0 Å². The lowest BCUT2D eigenvalue weighted by atomic mass is 10.4. The second-order valence-corrected chi connectivity index (χ2v) is 6.33. The van der Waals surface area contributed by atoms with Crippen LogP contribution in [0.3, 0.4) is 0 Å². The van der Waals surface area contributed by atoms with Gasteiger partial charge in [-0.1, -0.05) is 71.0 Å². The van der Waals surface area contributed by atoms with E-state index >= 15 is 0 Å². The van der Waals surface area contributed by atoms with Crippen molar-refractivity contribution in [3.05, 3.63) is 58.6 Å². The lowest BCUT2D eigenvalue weighted by molar-refractivity contribution is 0.240. The Hall–Kier alpha value is -0.320. The Morgan fingerprint density at radius 2 is 1.16 bits per heavy atom. The zero-order chi connectivity index (χ0) is 13.5. The topological polar surface area (TPSA) is 9.23 Å². The molecule has 0 radical (unpaired) electrons. The van der Waals surface area contributed by atoms with Crippen LogP contribution in [0.25, 0.3) is 0 Å². The van der Waals surface area contributed by atoms with Gasteiger partial charge in [0.15, 0.2) is 0 Å². The first-order chi connectivity index (χ1) is 9.27. The number of halogens is 2. The molecule has 0 spiro atoms. The molecule has 5 heteroatoms. The highest BCUT2D eigenvalue weighted by Crippen LogP contribution is 2.29. The molecule has 0 atom stereocenters. The summed E-state index contributed by atoms with van der Waals surface area (Å²) >= 11 is 15.3. The fraction of sp³-hybridized carbons (Fsp3) is 0.143. The summed E-state index contributed by atoms with van der Waals surface area (Å²) in [5, 5.41) is 1.52. The van der Waals surface area contributed by atoms with E-state index in [4.69, 9.17) is 27.9 Å². The summed E-state index contributed by atoms with van der Waals surface area (Å²) in [5.74, 6) is 1.14. The van der Waals surface area contributed by atoms with E-state index in [1.54, 1.807) is 23.5 Å². The summed E-state index contributed by atoms with van der Waals surface area (Å²) in [5.41, 5.74) is 0. The molecule has 0 saturated heterocycles. The Morgan fingerprint density at radius 1 is 0.737 bits per heavy atom. The molecule has 0 aliphatic rings. The van der Waals surface area contributed by atoms with Gasteiger partial charge in [-0.3, -0.25) is 0 Å². The smallest absolute Gasteiger partial charge is 0.0979 e. The van der Waals surface area contributed by atoms with Crippen LogP contribution in [0.15, 0.2) is 58.3 Å². The third kappa shape index (κ3) is 4.93. The Labute approximate surface area is 131 Å². The van der Waals surface area contributed by atoms with Crippen molar-refractivity contribution in [2.24, 2.45) is 0 Å². The minimum Gasteiger partial charge on any atom is -0.360 e. The first kappa shape index (κ1) is 15.1. The lowest BCUT2D eigenvalue weighted by Gasteiger charge is -2.06. The molecule has 0 aromatic heterocycles. The van der Waals surface area contributed by atoms with Gasteiger partial charge in [0.25, 0.3) is 0 Å². The summed E-state index contributed by atoms with van der Waals surface area (Å²) in [6, 6.07) is 15.5. The number of thioether (sulfide) groups is 2. The standard InChI is InChI=1S/C14H12Cl2OS2/c15-11-5-1-3-7-13(11)18-9-17-10-19-14-8-4-2-6-12(14)16/h1-8H,9-10H2. The van der Waals surface area contributed by atoms with E-state index in [2.05, 4.69) is 0 Å². The van der Waals surface area contributed by atoms with E-state index in [0.717, 1.165) is 19.8 Å². The number of hydrogen-bond acceptors (Lipinski definition) is 3. The Morgan fingerprint density at radius 3 is 1.58 bits per heavy atom. The Balaban J connectivity index is 1.71. The van der Waals surface area contributed by atoms with Crippen LogP contribution in [0.2, 0.25) is 10.0 Å². The second-order valence-electron chi connectivity index (χ2n) is 3.59. The van der Waals surface area contributed by atoms with E-state index < -0.39 is 0 Å². The van der Waals surface area contributed by atoms with E-state index in [0.29, 0.717) is 11.9 Å². The van der Waals surface area contributed by atoms with Crippen molar-refractivity contribution >= 4 is 46.7 Å². The summed E-state index contributed by atoms with van der Waals surface area (Å²) in [4.78, 5) is 2.07. The van der Waals surface area contributed by atoms with Gasteiger partial charge in [-0.2, -0.15) is 0 Å². The Bertz CT molecular complexity index is 487. The predicted molar refractivity (Wildman–Crippen MR) is 85.4 cm³/mol. The summed E-state index contributed by atoms with van der Waals surface area (Å²) in [6.45, 7) is 0. The average Bonchev–Trinajstić information content (AvgIpc) is 2.42. The zero-order valence-corrected chi connectivity index (χ0v) is 13.2. The van der Waals surface area contributed by atoms with Gasteiger partial charge in [0.1, 0.15) is 0 Å². The van der Waals surface area contributed by atoms with Gasteiger partial charge in [0.05, 0.1) is 21.9 Å². The van der Waals surface area contributed by atoms with Crippen LogP contribution in [0.5, 0.6) is 0 Å². The van der Waals surface area contributed by atoms with Crippen molar-refractivity contribution in [3.63, 3.8) is 0 Å². The maximum absolute atomic E-state index is 6.05. The number of rotatable bonds is 6. The van der Waals surface area contributed by atoms with Crippen LogP contribution in [-0.2, 0) is 4.74 Å². The van der Waals surface area contributed by atoms with E-state index in [9.17, 15) is 0 Å². The SMILES string of the molecule is Clc1ccccc1SCOCSc1ccccc1Cl. The second kappa shape index (κ2) is 8.08. The average molecular weight is 331 g/mol. The monoisotopic (exact) mass is 330 g/mol. The fourth-order valence-corrected chi connectivity index (χ4v) is 3.42. The van der Waals surface area contributed by atoms with Gasteiger partial charge in [-0.05, 0) is 24.3 Å². The summed E-state index contributed by atoms with van der Waals surface area (Å²) in [7, 11) is 0. The van der Waals surface area contributed by atoms with E-state index in [1.807, 2.05) is 48.5 Å². The van der Waals surface area contributed by atoms with Gasteiger partial charge in [0, 0.05) is 9.79 Å². The highest BCUT2D eigenvalue weighted by molar-refractivity contribution is 8.00. The molecule has 0 saturated carbocycles. The maximum Gasteiger partial charge on any atom is 0.0979 e. The third-order valence-electron chi connectivity index (χ3n) is 2.27. The molecule has 1 nitrogen and oxygen atoms in total. The predicted octanol–water partition coefficient (Wildman–Crippen LogP) is 5.81. The molecule has 0 fully saturated rings. The molecular weight excluding hydrogens is 319 g/mol. The van der Waals surface area contributed by atoms with Crippen LogP contribution in [0.1, 0.15) is 0 Å². The fourth-order valence-electron chi connectivity index (χ4n) is 1.37. The van der Waals surface area contributed by atoms with Gasteiger partial charge < -0.3 is 4.74 Å². The number of benzene rings is 2. The van der Waals surface area contributed by atoms with Crippen LogP contribution >= 0.6 is 46.7 Å². The number of hydrogen-bond donors (Lipinski definition) is 0. The van der Waals surface area contributed by atoms with Crippen molar-refractivity contribution in [3.8, 4) is 0 Å². The van der Waals surface area contributed by atoms with Crippen molar-refractivity contribution in [1.82, 2.24) is 0 Å². The zero-order valence-electron chi connectivity index (χ0n) is 10.0. The van der Waals surface area contributed by atoms with Gasteiger partial charge >= 0.3 is 0 Å². The van der Waals surface area contributed by atoms with Gasteiger partial charge in [-0.15, -0.1) is 0 Å². The molecule has 0 N–H and O–H groups in total. The van der Waals surface area contributed by atoms with Gasteiger partial charge in [-0.25, -0.2) is 0 Å². The quantitative estimate of drug-likeness (QED) is 0.375. The lowest BCUT2D eigenvalue weighted by Crippen LogP contribution is -1.90. The normalized spacial score (nSPS) is 10.6. The van der Waals surface area contributed by atoms with Crippen LogP contribution in [0.4, 0.5) is 0 Å². The Kier molecular flexibility index (Phi) is 6.41. The highest BCUT2D eigenvalue weighted by atomic mass is 35.5. The molecule has 0 aliphatic carbocycles. The molecule has 0 unspecified atom stereocenters. The van der Waals surface area contributed by atoms with E-state index in [-0.39, 0.29) is 0 Å². The van der Waals surface area contributed by atoms with Crippen molar-refractivity contribution in [1.29, 1.82) is 0 Å². The maximum atomic E-state index is 6.05. The molecule has 2 aromatic rings. The molecule has 0 amide bonds. The first-order valence-corrected chi connectivity index (χ1v) is 8.32. The van der Waals surface area contributed by atoms with Crippen LogP contribution < -0.4 is 0 Å². The largest absolute Gasteiger partial charge is 0.360 e. The summed E-state index contributed by atoms with van der Waals surface area (Å²) in [6.07, 6.45) is 0. The highest BCUT2D eigenvalue weighted by Gasteiger charge is 2.01. The summed E-state index contributed by atoms with van der Waals surface area (Å²) < 4.78 is 5.56. The van der Waals surface area contributed by atoms with Crippen LogP contribution in [0, 0.1) is 0 Å². The molecule has 2 aromatic carbocycles. The minimum absolute atomic E-state index is 0.571. The minimum atomic E-state index is 0.571. The molecule has 100 valence electrons. The molecule has 0 aliphatic heterocycles.